The highest BCUT2D eigenvalue weighted by molar-refractivity contribution is 5.95. The Bertz CT molecular complexity index is 708. The number of hydrogen-bond donors (Lipinski definition) is 2. The Balaban J connectivity index is 1.73. The van der Waals surface area contributed by atoms with Crippen LogP contribution < -0.4 is 5.32 Å². The fourth-order valence-corrected chi connectivity index (χ4v) is 2.58. The van der Waals surface area contributed by atoms with E-state index in [0.29, 0.717) is 18.9 Å². The molecular formula is C16H18N4O2. The van der Waals surface area contributed by atoms with Gasteiger partial charge in [0.05, 0.1) is 24.7 Å². The summed E-state index contributed by atoms with van der Waals surface area (Å²) in [6.07, 6.45) is 0. The third-order valence-electron chi connectivity index (χ3n) is 4.03. The number of nitrogens with one attached hydrogen (secondary N) is 2. The van der Waals surface area contributed by atoms with E-state index in [1.807, 2.05) is 37.3 Å². The molecule has 1 aromatic heterocycles. The molecular weight excluding hydrogens is 280 g/mol. The second-order valence-electron chi connectivity index (χ2n) is 5.53. The second-order valence-corrected chi connectivity index (χ2v) is 5.53. The van der Waals surface area contributed by atoms with Gasteiger partial charge in [0.1, 0.15) is 0 Å². The van der Waals surface area contributed by atoms with Crippen molar-refractivity contribution >= 4 is 17.6 Å². The van der Waals surface area contributed by atoms with E-state index >= 15 is 0 Å². The number of hydrogen-bond acceptors (Lipinski definition) is 3. The number of amides is 2. The van der Waals surface area contributed by atoms with Crippen molar-refractivity contribution in [2.45, 2.75) is 32.9 Å². The lowest BCUT2D eigenvalue weighted by molar-refractivity contribution is -0.129. The molecule has 2 amide bonds. The maximum Gasteiger partial charge on any atom is 0.232 e. The molecule has 0 fully saturated rings. The van der Waals surface area contributed by atoms with Gasteiger partial charge in [0.2, 0.25) is 11.8 Å². The smallest absolute Gasteiger partial charge is 0.232 e. The van der Waals surface area contributed by atoms with Gasteiger partial charge in [0, 0.05) is 12.5 Å². The molecule has 0 radical (unpaired) electrons. The Hall–Kier alpha value is -2.63. The summed E-state index contributed by atoms with van der Waals surface area (Å²) < 4.78 is 0. The molecule has 1 aromatic carbocycles. The molecule has 22 heavy (non-hydrogen) atoms. The van der Waals surface area contributed by atoms with Gasteiger partial charge in [-0.1, -0.05) is 30.3 Å². The zero-order chi connectivity index (χ0) is 15.7. The van der Waals surface area contributed by atoms with Crippen molar-refractivity contribution in [1.82, 2.24) is 15.1 Å². The number of fused-ring (bicyclic) bond motifs is 1. The number of H-pyrrole nitrogens is 1. The molecule has 6 heteroatoms. The molecule has 0 saturated carbocycles. The van der Waals surface area contributed by atoms with Crippen LogP contribution in [-0.4, -0.2) is 26.9 Å². The van der Waals surface area contributed by atoms with Gasteiger partial charge in [0.15, 0.2) is 5.82 Å². The zero-order valence-electron chi connectivity index (χ0n) is 12.6. The molecule has 2 N–H and O–H groups in total. The largest absolute Gasteiger partial charge is 0.333 e. The van der Waals surface area contributed by atoms with Crippen molar-refractivity contribution in [3.63, 3.8) is 0 Å². The average Bonchev–Trinajstić information content (AvgIpc) is 3.09. The van der Waals surface area contributed by atoms with Crippen LogP contribution in [0.3, 0.4) is 0 Å². The summed E-state index contributed by atoms with van der Waals surface area (Å²) in [6.45, 7) is 4.40. The molecule has 0 bridgehead atoms. The van der Waals surface area contributed by atoms with Gasteiger partial charge in [-0.15, -0.1) is 0 Å². The molecule has 114 valence electrons. The summed E-state index contributed by atoms with van der Waals surface area (Å²) >= 11 is 0. The van der Waals surface area contributed by atoms with Gasteiger partial charge in [-0.2, -0.15) is 5.10 Å². The fraction of sp³-hybridized carbons (Fsp3) is 0.312. The molecule has 0 spiro atoms. The van der Waals surface area contributed by atoms with E-state index < -0.39 is 0 Å². The van der Waals surface area contributed by atoms with Gasteiger partial charge >= 0.3 is 0 Å². The van der Waals surface area contributed by atoms with E-state index in [9.17, 15) is 9.59 Å². The van der Waals surface area contributed by atoms with E-state index in [0.717, 1.165) is 16.8 Å². The minimum absolute atomic E-state index is 0.0135. The minimum Gasteiger partial charge on any atom is -0.333 e. The van der Waals surface area contributed by atoms with Crippen LogP contribution >= 0.6 is 0 Å². The lowest BCUT2D eigenvalue weighted by atomic mass is 10.0. The Kier molecular flexibility index (Phi) is 3.66. The van der Waals surface area contributed by atoms with Crippen LogP contribution in [0.15, 0.2) is 30.3 Å². The SMILES string of the molecule is CC(=O)N1Cc2[nH]nc(NC(=O)C(C)c3ccccc3)c2C1. The predicted molar refractivity (Wildman–Crippen MR) is 82.0 cm³/mol. The number of rotatable bonds is 3. The Morgan fingerprint density at radius 3 is 2.68 bits per heavy atom. The van der Waals surface area contributed by atoms with Crippen molar-refractivity contribution < 1.29 is 9.59 Å². The van der Waals surface area contributed by atoms with Gasteiger partial charge in [0.25, 0.3) is 0 Å². The quantitative estimate of drug-likeness (QED) is 0.910. The molecule has 1 unspecified atom stereocenters. The number of nitrogens with zero attached hydrogens (tertiary/aromatic N) is 2. The first-order valence-corrected chi connectivity index (χ1v) is 7.23. The van der Waals surface area contributed by atoms with E-state index in [4.69, 9.17) is 0 Å². The standard InChI is InChI=1S/C16H18N4O2/c1-10(12-6-4-3-5-7-12)16(22)17-15-13-8-20(11(2)21)9-14(13)18-19-15/h3-7,10H,8-9H2,1-2H3,(H2,17,18,19,22). The maximum absolute atomic E-state index is 12.4. The molecule has 2 heterocycles. The summed E-state index contributed by atoms with van der Waals surface area (Å²) in [6, 6.07) is 9.60. The highest BCUT2D eigenvalue weighted by Crippen LogP contribution is 2.28. The number of carbonyl (C=O) groups is 2. The Morgan fingerprint density at radius 1 is 1.27 bits per heavy atom. The maximum atomic E-state index is 12.4. The number of benzene rings is 1. The van der Waals surface area contributed by atoms with Crippen LogP contribution in [0.4, 0.5) is 5.82 Å². The van der Waals surface area contributed by atoms with Gasteiger partial charge in [-0.3, -0.25) is 14.7 Å². The Morgan fingerprint density at radius 2 is 2.00 bits per heavy atom. The second kappa shape index (κ2) is 5.63. The van der Waals surface area contributed by atoms with E-state index in [1.165, 1.54) is 6.92 Å². The van der Waals surface area contributed by atoms with Crippen molar-refractivity contribution in [3.05, 3.63) is 47.2 Å². The van der Waals surface area contributed by atoms with Gasteiger partial charge < -0.3 is 10.2 Å². The van der Waals surface area contributed by atoms with Crippen LogP contribution in [0.1, 0.15) is 36.6 Å². The first-order chi connectivity index (χ1) is 10.6. The van der Waals surface area contributed by atoms with Crippen LogP contribution in [-0.2, 0) is 22.7 Å². The highest BCUT2D eigenvalue weighted by Gasteiger charge is 2.27. The van der Waals surface area contributed by atoms with Crippen molar-refractivity contribution in [3.8, 4) is 0 Å². The molecule has 1 aliphatic heterocycles. The summed E-state index contributed by atoms with van der Waals surface area (Å²) in [5, 5.41) is 9.91. The number of carbonyl (C=O) groups excluding carboxylic acids is 2. The molecule has 3 rings (SSSR count). The van der Waals surface area contributed by atoms with Crippen molar-refractivity contribution in [2.24, 2.45) is 0 Å². The first kappa shape index (κ1) is 14.3. The lowest BCUT2D eigenvalue weighted by Crippen LogP contribution is -2.23. The van der Waals surface area contributed by atoms with E-state index in [1.54, 1.807) is 4.90 Å². The lowest BCUT2D eigenvalue weighted by Gasteiger charge is -2.14. The molecule has 1 aliphatic rings. The van der Waals surface area contributed by atoms with E-state index in [-0.39, 0.29) is 17.7 Å². The molecule has 1 atom stereocenters. The van der Waals surface area contributed by atoms with Gasteiger partial charge in [-0.25, -0.2) is 0 Å². The van der Waals surface area contributed by atoms with E-state index in [2.05, 4.69) is 15.5 Å². The number of aromatic nitrogens is 2. The summed E-state index contributed by atoms with van der Waals surface area (Å²) in [7, 11) is 0. The average molecular weight is 298 g/mol. The summed E-state index contributed by atoms with van der Waals surface area (Å²) in [5.74, 6) is 0.159. The highest BCUT2D eigenvalue weighted by atomic mass is 16.2. The summed E-state index contributed by atoms with van der Waals surface area (Å²) in [5.41, 5.74) is 2.74. The first-order valence-electron chi connectivity index (χ1n) is 7.23. The normalized spacial score (nSPS) is 14.5. The Labute approximate surface area is 128 Å². The third-order valence-corrected chi connectivity index (χ3v) is 4.03. The van der Waals surface area contributed by atoms with Crippen LogP contribution in [0.2, 0.25) is 0 Å². The van der Waals surface area contributed by atoms with Gasteiger partial charge in [-0.05, 0) is 12.5 Å². The molecule has 0 aliphatic carbocycles. The summed E-state index contributed by atoms with van der Waals surface area (Å²) in [4.78, 5) is 25.5. The van der Waals surface area contributed by atoms with Crippen LogP contribution in [0.5, 0.6) is 0 Å². The fourth-order valence-electron chi connectivity index (χ4n) is 2.58. The monoisotopic (exact) mass is 298 g/mol. The molecule has 2 aromatic rings. The minimum atomic E-state index is -0.265. The number of aromatic amines is 1. The zero-order valence-corrected chi connectivity index (χ0v) is 12.6. The van der Waals surface area contributed by atoms with Crippen molar-refractivity contribution in [1.29, 1.82) is 0 Å². The molecule has 0 saturated heterocycles. The van der Waals surface area contributed by atoms with Crippen molar-refractivity contribution in [2.75, 3.05) is 5.32 Å². The molecule has 6 nitrogen and oxygen atoms in total. The van der Waals surface area contributed by atoms with Crippen LogP contribution in [0.25, 0.3) is 0 Å². The topological polar surface area (TPSA) is 78.1 Å². The predicted octanol–water partition coefficient (Wildman–Crippen LogP) is 2.01. The number of anilines is 1. The van der Waals surface area contributed by atoms with Crippen LogP contribution in [0, 0.1) is 0 Å². The third kappa shape index (κ3) is 2.59.